The molecule has 1 aromatic heterocycles. The highest BCUT2D eigenvalue weighted by atomic mass is 79.9. The fourth-order valence-electron chi connectivity index (χ4n) is 0.922. The standard InChI is InChI=1S/C9H9BrFNO2/c1-2-14-9(13)4-8-7(10)3-6(11)5-12-8/h3,5H,2,4H2,1H3. The summed E-state index contributed by atoms with van der Waals surface area (Å²) in [6, 6.07) is 1.27. The second kappa shape index (κ2) is 5.05. The van der Waals surface area contributed by atoms with E-state index in [-0.39, 0.29) is 12.4 Å². The number of nitrogens with zero attached hydrogens (tertiary/aromatic N) is 1. The molecule has 5 heteroatoms. The third-order valence-electron chi connectivity index (χ3n) is 1.50. The molecule has 0 fully saturated rings. The van der Waals surface area contributed by atoms with Gasteiger partial charge >= 0.3 is 5.97 Å². The molecule has 0 bridgehead atoms. The average Bonchev–Trinajstić information content (AvgIpc) is 2.10. The van der Waals surface area contributed by atoms with Crippen LogP contribution in [0.25, 0.3) is 0 Å². The highest BCUT2D eigenvalue weighted by Gasteiger charge is 2.09. The monoisotopic (exact) mass is 261 g/mol. The zero-order valence-corrected chi connectivity index (χ0v) is 9.17. The molecule has 0 amide bonds. The number of hydrogen-bond donors (Lipinski definition) is 0. The van der Waals surface area contributed by atoms with Crippen LogP contribution in [0.5, 0.6) is 0 Å². The molecule has 0 saturated heterocycles. The lowest BCUT2D eigenvalue weighted by atomic mass is 10.3. The van der Waals surface area contributed by atoms with Gasteiger partial charge in [0.1, 0.15) is 5.82 Å². The van der Waals surface area contributed by atoms with Gasteiger partial charge in [-0.15, -0.1) is 0 Å². The number of aromatic nitrogens is 1. The molecule has 0 atom stereocenters. The Morgan fingerprint density at radius 3 is 3.00 bits per heavy atom. The van der Waals surface area contributed by atoms with Crippen molar-refractivity contribution in [3.63, 3.8) is 0 Å². The van der Waals surface area contributed by atoms with Gasteiger partial charge in [-0.05, 0) is 28.9 Å². The number of ether oxygens (including phenoxy) is 1. The van der Waals surface area contributed by atoms with Crippen molar-refractivity contribution in [2.45, 2.75) is 13.3 Å². The lowest BCUT2D eigenvalue weighted by molar-refractivity contribution is -0.142. The smallest absolute Gasteiger partial charge is 0.311 e. The maximum Gasteiger partial charge on any atom is 0.311 e. The Kier molecular flexibility index (Phi) is 4.00. The summed E-state index contributed by atoms with van der Waals surface area (Å²) in [6.07, 6.45) is 1.12. The molecular weight excluding hydrogens is 253 g/mol. The summed E-state index contributed by atoms with van der Waals surface area (Å²) in [5.74, 6) is -0.809. The molecule has 0 aliphatic carbocycles. The third kappa shape index (κ3) is 3.06. The summed E-state index contributed by atoms with van der Waals surface area (Å²) in [5, 5.41) is 0. The average molecular weight is 262 g/mol. The Bertz CT molecular complexity index is 344. The molecule has 1 heterocycles. The van der Waals surface area contributed by atoms with E-state index in [1.165, 1.54) is 6.07 Å². The van der Waals surface area contributed by atoms with Crippen LogP contribution in [-0.2, 0) is 16.0 Å². The zero-order chi connectivity index (χ0) is 10.6. The summed E-state index contributed by atoms with van der Waals surface area (Å²) < 4.78 is 17.8. The molecule has 0 unspecified atom stereocenters. The van der Waals surface area contributed by atoms with E-state index in [2.05, 4.69) is 20.9 Å². The highest BCUT2D eigenvalue weighted by molar-refractivity contribution is 9.10. The molecule has 1 rings (SSSR count). The topological polar surface area (TPSA) is 39.2 Å². The lowest BCUT2D eigenvalue weighted by Crippen LogP contribution is -2.09. The predicted octanol–water partition coefficient (Wildman–Crippen LogP) is 2.09. The van der Waals surface area contributed by atoms with E-state index in [4.69, 9.17) is 4.74 Å². The van der Waals surface area contributed by atoms with Crippen molar-refractivity contribution < 1.29 is 13.9 Å². The van der Waals surface area contributed by atoms with Gasteiger partial charge in [0, 0.05) is 4.47 Å². The van der Waals surface area contributed by atoms with Gasteiger partial charge in [0.25, 0.3) is 0 Å². The van der Waals surface area contributed by atoms with Crippen LogP contribution in [0.15, 0.2) is 16.7 Å². The van der Waals surface area contributed by atoms with E-state index < -0.39 is 5.82 Å². The third-order valence-corrected chi connectivity index (χ3v) is 2.19. The second-order valence-electron chi connectivity index (χ2n) is 2.56. The minimum absolute atomic E-state index is 0.0503. The van der Waals surface area contributed by atoms with Crippen LogP contribution < -0.4 is 0 Å². The zero-order valence-electron chi connectivity index (χ0n) is 7.59. The van der Waals surface area contributed by atoms with Crippen LogP contribution >= 0.6 is 15.9 Å². The minimum atomic E-state index is -0.440. The van der Waals surface area contributed by atoms with Crippen LogP contribution in [0.3, 0.4) is 0 Å². The minimum Gasteiger partial charge on any atom is -0.466 e. The molecule has 1 aromatic rings. The van der Waals surface area contributed by atoms with Crippen LogP contribution in [0.1, 0.15) is 12.6 Å². The molecule has 14 heavy (non-hydrogen) atoms. The maximum atomic E-state index is 12.6. The van der Waals surface area contributed by atoms with E-state index in [1.807, 2.05) is 0 Å². The molecule has 0 aromatic carbocycles. The van der Waals surface area contributed by atoms with Crippen molar-refractivity contribution in [2.24, 2.45) is 0 Å². The van der Waals surface area contributed by atoms with E-state index in [1.54, 1.807) is 6.92 Å². The fraction of sp³-hybridized carbons (Fsp3) is 0.333. The number of rotatable bonds is 3. The Morgan fingerprint density at radius 2 is 2.43 bits per heavy atom. The first kappa shape index (κ1) is 11.1. The Balaban J connectivity index is 2.72. The van der Waals surface area contributed by atoms with Gasteiger partial charge in [-0.1, -0.05) is 0 Å². The number of halogens is 2. The summed E-state index contributed by atoms with van der Waals surface area (Å²) in [6.45, 7) is 2.06. The van der Waals surface area contributed by atoms with E-state index in [9.17, 15) is 9.18 Å². The van der Waals surface area contributed by atoms with Crippen LogP contribution in [-0.4, -0.2) is 17.6 Å². The number of pyridine rings is 1. The molecule has 0 aliphatic rings. The van der Waals surface area contributed by atoms with Crippen molar-refractivity contribution in [3.05, 3.63) is 28.2 Å². The molecule has 0 saturated carbocycles. The van der Waals surface area contributed by atoms with Crippen molar-refractivity contribution in [2.75, 3.05) is 6.61 Å². The van der Waals surface area contributed by atoms with Crippen molar-refractivity contribution in [1.82, 2.24) is 4.98 Å². The molecule has 0 radical (unpaired) electrons. The maximum absolute atomic E-state index is 12.6. The first-order valence-electron chi connectivity index (χ1n) is 4.09. The van der Waals surface area contributed by atoms with Crippen LogP contribution in [0.4, 0.5) is 4.39 Å². The van der Waals surface area contributed by atoms with E-state index >= 15 is 0 Å². The number of carbonyl (C=O) groups is 1. The predicted molar refractivity (Wildman–Crippen MR) is 52.2 cm³/mol. The van der Waals surface area contributed by atoms with Gasteiger partial charge in [-0.3, -0.25) is 9.78 Å². The summed E-state index contributed by atoms with van der Waals surface area (Å²) >= 11 is 3.12. The van der Waals surface area contributed by atoms with Crippen molar-refractivity contribution in [3.8, 4) is 0 Å². The second-order valence-corrected chi connectivity index (χ2v) is 3.42. The first-order valence-corrected chi connectivity index (χ1v) is 4.88. The normalized spacial score (nSPS) is 9.93. The SMILES string of the molecule is CCOC(=O)Cc1ncc(F)cc1Br. The van der Waals surface area contributed by atoms with Gasteiger partial charge in [-0.2, -0.15) is 0 Å². The van der Waals surface area contributed by atoms with Gasteiger partial charge in [0.05, 0.1) is 24.9 Å². The van der Waals surface area contributed by atoms with Crippen LogP contribution in [0.2, 0.25) is 0 Å². The molecule has 3 nitrogen and oxygen atoms in total. The van der Waals surface area contributed by atoms with E-state index in [0.717, 1.165) is 6.20 Å². The number of hydrogen-bond acceptors (Lipinski definition) is 3. The Labute approximate surface area is 89.4 Å². The fourth-order valence-corrected chi connectivity index (χ4v) is 1.38. The van der Waals surface area contributed by atoms with Gasteiger partial charge in [0.2, 0.25) is 0 Å². The van der Waals surface area contributed by atoms with Crippen LogP contribution in [0, 0.1) is 5.82 Å². The number of carbonyl (C=O) groups excluding carboxylic acids is 1. The van der Waals surface area contributed by atoms with Gasteiger partial charge < -0.3 is 4.74 Å². The highest BCUT2D eigenvalue weighted by Crippen LogP contribution is 2.16. The van der Waals surface area contributed by atoms with E-state index in [0.29, 0.717) is 16.8 Å². The first-order chi connectivity index (χ1) is 6.63. The molecule has 76 valence electrons. The molecule has 0 spiro atoms. The summed E-state index contributed by atoms with van der Waals surface area (Å²) in [4.78, 5) is 14.9. The van der Waals surface area contributed by atoms with Crippen molar-refractivity contribution >= 4 is 21.9 Å². The van der Waals surface area contributed by atoms with Crippen molar-refractivity contribution in [1.29, 1.82) is 0 Å². The summed E-state index contributed by atoms with van der Waals surface area (Å²) in [7, 11) is 0. The molecule has 0 N–H and O–H groups in total. The summed E-state index contributed by atoms with van der Waals surface area (Å²) in [5.41, 5.74) is 0.477. The Hall–Kier alpha value is -0.970. The largest absolute Gasteiger partial charge is 0.466 e. The molecule has 0 aliphatic heterocycles. The Morgan fingerprint density at radius 1 is 1.71 bits per heavy atom. The quantitative estimate of drug-likeness (QED) is 0.783. The number of esters is 1. The molecular formula is C9H9BrFNO2. The van der Waals surface area contributed by atoms with Gasteiger partial charge in [0.15, 0.2) is 0 Å². The van der Waals surface area contributed by atoms with Gasteiger partial charge in [-0.25, -0.2) is 4.39 Å². The lowest BCUT2D eigenvalue weighted by Gasteiger charge is -2.03.